The Morgan fingerprint density at radius 3 is 2.15 bits per heavy atom. The smallest absolute Gasteiger partial charge is 0.198 e. The SMILES string of the molecule is Cc1ccc(-c2nn(-c3ccccc3)c3c2C(=O)c2ccccc2-3)cc1. The second kappa shape index (κ2) is 5.53. The van der Waals surface area contributed by atoms with E-state index >= 15 is 0 Å². The molecule has 26 heavy (non-hydrogen) atoms. The number of para-hydroxylation sites is 1. The van der Waals surface area contributed by atoms with Crippen LogP contribution in [0.1, 0.15) is 21.5 Å². The normalized spacial score (nSPS) is 12.1. The van der Waals surface area contributed by atoms with Crippen LogP contribution in [-0.2, 0) is 0 Å². The highest BCUT2D eigenvalue weighted by molar-refractivity contribution is 6.24. The van der Waals surface area contributed by atoms with Crippen LogP contribution in [0.15, 0.2) is 78.9 Å². The molecule has 0 bridgehead atoms. The number of carbonyl (C=O) groups excluding carboxylic acids is 1. The molecular formula is C23H16N2O. The van der Waals surface area contributed by atoms with Crippen LogP contribution in [0, 0.1) is 6.92 Å². The molecule has 1 heterocycles. The molecule has 3 aromatic carbocycles. The number of nitrogens with zero attached hydrogens (tertiary/aromatic N) is 2. The van der Waals surface area contributed by atoms with Gasteiger partial charge in [0.1, 0.15) is 5.69 Å². The molecule has 0 spiro atoms. The summed E-state index contributed by atoms with van der Waals surface area (Å²) >= 11 is 0. The van der Waals surface area contributed by atoms with E-state index in [1.807, 2.05) is 71.4 Å². The summed E-state index contributed by atoms with van der Waals surface area (Å²) < 4.78 is 1.90. The van der Waals surface area contributed by atoms with Crippen molar-refractivity contribution in [2.24, 2.45) is 0 Å². The number of benzene rings is 3. The Kier molecular flexibility index (Phi) is 3.16. The van der Waals surface area contributed by atoms with Gasteiger partial charge in [0, 0.05) is 16.7 Å². The highest BCUT2D eigenvalue weighted by Gasteiger charge is 2.35. The standard InChI is InChI=1S/C23H16N2O/c1-15-11-13-16(14-12-15)21-20-22(18-9-5-6-10-19(18)23(20)26)25(24-21)17-7-3-2-4-8-17/h2-14H,1H3. The summed E-state index contributed by atoms with van der Waals surface area (Å²) in [6.07, 6.45) is 0. The number of rotatable bonds is 2. The van der Waals surface area contributed by atoms with Crippen molar-refractivity contribution < 1.29 is 4.79 Å². The molecule has 1 aromatic heterocycles. The summed E-state index contributed by atoms with van der Waals surface area (Å²) in [7, 11) is 0. The summed E-state index contributed by atoms with van der Waals surface area (Å²) in [5.41, 5.74) is 7.10. The average molecular weight is 336 g/mol. The largest absolute Gasteiger partial charge is 0.288 e. The molecule has 0 aliphatic heterocycles. The maximum Gasteiger partial charge on any atom is 0.198 e. The second-order valence-corrected chi connectivity index (χ2v) is 6.56. The van der Waals surface area contributed by atoms with E-state index in [0.717, 1.165) is 33.8 Å². The van der Waals surface area contributed by atoms with E-state index in [1.165, 1.54) is 5.56 Å². The van der Waals surface area contributed by atoms with Crippen LogP contribution in [0.3, 0.4) is 0 Å². The first-order valence-electron chi connectivity index (χ1n) is 8.63. The number of hydrogen-bond donors (Lipinski definition) is 0. The minimum Gasteiger partial charge on any atom is -0.288 e. The number of ketones is 1. The molecule has 5 rings (SSSR count). The number of aryl methyl sites for hydroxylation is 1. The van der Waals surface area contributed by atoms with Crippen molar-refractivity contribution in [2.45, 2.75) is 6.92 Å². The Morgan fingerprint density at radius 1 is 0.769 bits per heavy atom. The van der Waals surface area contributed by atoms with Crippen molar-refractivity contribution in [3.63, 3.8) is 0 Å². The van der Waals surface area contributed by atoms with Crippen LogP contribution in [0.4, 0.5) is 0 Å². The minimum atomic E-state index is 0.0494. The molecule has 1 aliphatic rings. The quantitative estimate of drug-likeness (QED) is 0.452. The van der Waals surface area contributed by atoms with Gasteiger partial charge in [-0.25, -0.2) is 4.68 Å². The van der Waals surface area contributed by atoms with Crippen molar-refractivity contribution in [3.8, 4) is 28.2 Å². The van der Waals surface area contributed by atoms with E-state index < -0.39 is 0 Å². The van der Waals surface area contributed by atoms with E-state index in [-0.39, 0.29) is 5.78 Å². The number of aromatic nitrogens is 2. The zero-order valence-corrected chi connectivity index (χ0v) is 14.3. The molecular weight excluding hydrogens is 320 g/mol. The zero-order chi connectivity index (χ0) is 17.7. The van der Waals surface area contributed by atoms with Crippen molar-refractivity contribution in [2.75, 3.05) is 0 Å². The molecule has 1 aliphatic carbocycles. The van der Waals surface area contributed by atoms with Gasteiger partial charge in [0.2, 0.25) is 0 Å². The van der Waals surface area contributed by atoms with Crippen LogP contribution in [0.5, 0.6) is 0 Å². The lowest BCUT2D eigenvalue weighted by Gasteiger charge is -2.07. The molecule has 0 unspecified atom stereocenters. The van der Waals surface area contributed by atoms with Crippen molar-refractivity contribution in [3.05, 3.63) is 95.6 Å². The van der Waals surface area contributed by atoms with Gasteiger partial charge in [0.15, 0.2) is 5.78 Å². The van der Waals surface area contributed by atoms with E-state index in [2.05, 4.69) is 19.1 Å². The highest BCUT2D eigenvalue weighted by Crippen LogP contribution is 2.42. The molecule has 0 radical (unpaired) electrons. The van der Waals surface area contributed by atoms with Gasteiger partial charge in [-0.15, -0.1) is 0 Å². The number of fused-ring (bicyclic) bond motifs is 3. The van der Waals surface area contributed by atoms with Gasteiger partial charge in [-0.2, -0.15) is 5.10 Å². The van der Waals surface area contributed by atoms with E-state index in [9.17, 15) is 4.79 Å². The van der Waals surface area contributed by atoms with Crippen LogP contribution in [0.25, 0.3) is 28.2 Å². The predicted octanol–water partition coefficient (Wildman–Crippen LogP) is 5.06. The maximum atomic E-state index is 13.1. The van der Waals surface area contributed by atoms with E-state index in [1.54, 1.807) is 0 Å². The van der Waals surface area contributed by atoms with Gasteiger partial charge in [-0.3, -0.25) is 4.79 Å². The molecule has 0 fully saturated rings. The molecule has 0 saturated carbocycles. The first-order chi connectivity index (χ1) is 12.7. The molecule has 4 aromatic rings. The van der Waals surface area contributed by atoms with Crippen molar-refractivity contribution in [1.29, 1.82) is 0 Å². The fourth-order valence-electron chi connectivity index (χ4n) is 3.57. The van der Waals surface area contributed by atoms with Crippen molar-refractivity contribution in [1.82, 2.24) is 9.78 Å². The van der Waals surface area contributed by atoms with E-state index in [0.29, 0.717) is 5.56 Å². The maximum absolute atomic E-state index is 13.1. The molecule has 0 saturated heterocycles. The number of hydrogen-bond acceptors (Lipinski definition) is 2. The average Bonchev–Trinajstić information content (AvgIpc) is 3.21. The van der Waals surface area contributed by atoms with Gasteiger partial charge < -0.3 is 0 Å². The Bertz CT molecular complexity index is 1140. The topological polar surface area (TPSA) is 34.9 Å². The first kappa shape index (κ1) is 14.8. The monoisotopic (exact) mass is 336 g/mol. The minimum absolute atomic E-state index is 0.0494. The predicted molar refractivity (Wildman–Crippen MR) is 103 cm³/mol. The lowest BCUT2D eigenvalue weighted by molar-refractivity contribution is 0.104. The highest BCUT2D eigenvalue weighted by atomic mass is 16.1. The van der Waals surface area contributed by atoms with Crippen molar-refractivity contribution >= 4 is 5.78 Å². The molecule has 0 atom stereocenters. The van der Waals surface area contributed by atoms with Gasteiger partial charge in [0.25, 0.3) is 0 Å². The summed E-state index contributed by atoms with van der Waals surface area (Å²) in [6.45, 7) is 2.05. The lowest BCUT2D eigenvalue weighted by Crippen LogP contribution is -2.00. The van der Waals surface area contributed by atoms with Crippen LogP contribution in [0.2, 0.25) is 0 Å². The zero-order valence-electron chi connectivity index (χ0n) is 14.3. The second-order valence-electron chi connectivity index (χ2n) is 6.56. The Hall–Kier alpha value is -3.46. The molecule has 0 amide bonds. The van der Waals surface area contributed by atoms with Crippen LogP contribution < -0.4 is 0 Å². The summed E-state index contributed by atoms with van der Waals surface area (Å²) in [4.78, 5) is 13.1. The van der Waals surface area contributed by atoms with Crippen LogP contribution >= 0.6 is 0 Å². The Balaban J connectivity index is 1.84. The summed E-state index contributed by atoms with van der Waals surface area (Å²) in [5, 5.41) is 4.85. The van der Waals surface area contributed by atoms with Crippen LogP contribution in [-0.4, -0.2) is 15.6 Å². The Morgan fingerprint density at radius 2 is 1.42 bits per heavy atom. The van der Waals surface area contributed by atoms with Gasteiger partial charge in [-0.05, 0) is 19.1 Å². The Labute approximate surface area is 151 Å². The molecule has 3 nitrogen and oxygen atoms in total. The molecule has 3 heteroatoms. The third-order valence-electron chi connectivity index (χ3n) is 4.87. The fourth-order valence-corrected chi connectivity index (χ4v) is 3.57. The summed E-state index contributed by atoms with van der Waals surface area (Å²) in [6, 6.07) is 25.9. The van der Waals surface area contributed by atoms with E-state index in [4.69, 9.17) is 5.10 Å². The molecule has 0 N–H and O–H groups in total. The molecule has 124 valence electrons. The number of carbonyl (C=O) groups is 1. The van der Waals surface area contributed by atoms with Gasteiger partial charge >= 0.3 is 0 Å². The van der Waals surface area contributed by atoms with Gasteiger partial charge in [-0.1, -0.05) is 72.3 Å². The fraction of sp³-hybridized carbons (Fsp3) is 0.0435. The lowest BCUT2D eigenvalue weighted by atomic mass is 10.0. The third kappa shape index (κ3) is 2.07. The first-order valence-corrected chi connectivity index (χ1v) is 8.63. The third-order valence-corrected chi connectivity index (χ3v) is 4.87. The summed E-state index contributed by atoms with van der Waals surface area (Å²) in [5.74, 6) is 0.0494. The van der Waals surface area contributed by atoms with Gasteiger partial charge in [0.05, 0.1) is 16.9 Å².